The highest BCUT2D eigenvalue weighted by Crippen LogP contribution is 2.32. The van der Waals surface area contributed by atoms with Gasteiger partial charge in [-0.05, 0) is 35.6 Å². The molecule has 1 heterocycles. The molecule has 1 aromatic heterocycles. The summed E-state index contributed by atoms with van der Waals surface area (Å²) in [7, 11) is 0. The van der Waals surface area contributed by atoms with E-state index in [1.54, 1.807) is 11.3 Å². The predicted octanol–water partition coefficient (Wildman–Crippen LogP) is 3.79. The molecule has 1 heteroatoms. The zero-order chi connectivity index (χ0) is 9.80. The lowest BCUT2D eigenvalue weighted by Gasteiger charge is -1.69. The lowest BCUT2D eigenvalue weighted by Crippen LogP contribution is -1.53. The molecule has 0 aromatic carbocycles. The van der Waals surface area contributed by atoms with Crippen LogP contribution in [-0.2, 0) is 0 Å². The van der Waals surface area contributed by atoms with E-state index in [1.165, 1.54) is 11.1 Å². The Morgan fingerprint density at radius 2 is 1.86 bits per heavy atom. The van der Waals surface area contributed by atoms with Crippen LogP contribution in [0.2, 0.25) is 0 Å². The molecule has 2 aliphatic rings. The van der Waals surface area contributed by atoms with Crippen molar-refractivity contribution in [1.29, 1.82) is 0 Å². The molecule has 0 bridgehead atoms. The zero-order valence-electron chi connectivity index (χ0n) is 7.95. The van der Waals surface area contributed by atoms with E-state index in [4.69, 9.17) is 0 Å². The van der Waals surface area contributed by atoms with E-state index in [2.05, 4.69) is 36.1 Å². The third kappa shape index (κ3) is 2.25. The largest absolute Gasteiger partial charge is 0.135 e. The van der Waals surface area contributed by atoms with Gasteiger partial charge in [0.2, 0.25) is 0 Å². The minimum Gasteiger partial charge on any atom is -0.135 e. The Balaban J connectivity index is 0.000000110. The van der Waals surface area contributed by atoms with E-state index in [0.717, 1.165) is 4.88 Å². The van der Waals surface area contributed by atoms with Gasteiger partial charge in [-0.1, -0.05) is 30.2 Å². The molecule has 0 saturated carbocycles. The summed E-state index contributed by atoms with van der Waals surface area (Å²) < 4.78 is 0. The van der Waals surface area contributed by atoms with Crippen LogP contribution in [-0.4, -0.2) is 0 Å². The summed E-state index contributed by atoms with van der Waals surface area (Å²) in [6.45, 7) is 1.85. The molecule has 0 nitrogen and oxygen atoms in total. The van der Waals surface area contributed by atoms with Gasteiger partial charge >= 0.3 is 0 Å². The van der Waals surface area contributed by atoms with Gasteiger partial charge in [0.05, 0.1) is 4.88 Å². The molecule has 0 atom stereocenters. The van der Waals surface area contributed by atoms with E-state index in [0.29, 0.717) is 0 Å². The molecule has 0 N–H and O–H groups in total. The van der Waals surface area contributed by atoms with Gasteiger partial charge < -0.3 is 0 Å². The van der Waals surface area contributed by atoms with Crippen LogP contribution in [0.15, 0.2) is 41.8 Å². The van der Waals surface area contributed by atoms with Crippen LogP contribution in [0.5, 0.6) is 0 Å². The van der Waals surface area contributed by atoms with Gasteiger partial charge in [0.15, 0.2) is 0 Å². The Bertz CT molecular complexity index is 452. The van der Waals surface area contributed by atoms with Crippen molar-refractivity contribution in [3.8, 4) is 23.0 Å². The van der Waals surface area contributed by atoms with Crippen molar-refractivity contribution in [1.82, 2.24) is 0 Å². The van der Waals surface area contributed by atoms with Gasteiger partial charge in [0, 0.05) is 0 Å². The summed E-state index contributed by atoms with van der Waals surface area (Å²) in [5.41, 5.74) is 2.85. The normalized spacial score (nSPS) is 9.21. The Hall–Kier alpha value is -1.52. The van der Waals surface area contributed by atoms with Gasteiger partial charge in [0.1, 0.15) is 0 Å². The molecular formula is C13H10S. The Labute approximate surface area is 88.2 Å². The first-order valence-electron chi connectivity index (χ1n) is 4.47. The molecule has 68 valence electrons. The third-order valence-electron chi connectivity index (χ3n) is 1.88. The summed E-state index contributed by atoms with van der Waals surface area (Å²) in [6, 6.07) is 12.5. The second-order valence-electron chi connectivity index (χ2n) is 2.93. The molecule has 1 aromatic rings. The SMILES string of the molecule is CC#Cc1cccs1.c1cc2cc-2c1. The minimum atomic E-state index is 1.15. The van der Waals surface area contributed by atoms with Crippen molar-refractivity contribution in [3.05, 3.63) is 46.7 Å². The third-order valence-corrected chi connectivity index (χ3v) is 2.67. The fourth-order valence-electron chi connectivity index (χ4n) is 1.15. The summed E-state index contributed by atoms with van der Waals surface area (Å²) in [4.78, 5) is 1.15. The highest BCUT2D eigenvalue weighted by Gasteiger charge is 2.06. The van der Waals surface area contributed by atoms with Crippen molar-refractivity contribution < 1.29 is 0 Å². The molecule has 0 spiro atoms. The van der Waals surface area contributed by atoms with Crippen LogP contribution in [0.3, 0.4) is 0 Å². The molecular weight excluding hydrogens is 188 g/mol. The van der Waals surface area contributed by atoms with Gasteiger partial charge in [-0.15, -0.1) is 17.3 Å². The molecule has 0 aliphatic heterocycles. The van der Waals surface area contributed by atoms with Crippen molar-refractivity contribution in [2.75, 3.05) is 0 Å². The van der Waals surface area contributed by atoms with Crippen LogP contribution in [0, 0.1) is 11.8 Å². The van der Waals surface area contributed by atoms with Crippen molar-refractivity contribution >= 4 is 11.3 Å². The number of thiophene rings is 1. The van der Waals surface area contributed by atoms with Gasteiger partial charge in [-0.3, -0.25) is 0 Å². The maximum atomic E-state index is 2.96. The Kier molecular flexibility index (Phi) is 2.67. The van der Waals surface area contributed by atoms with Gasteiger partial charge in [-0.2, -0.15) is 0 Å². The topological polar surface area (TPSA) is 0 Å². The number of hydrogen-bond acceptors (Lipinski definition) is 1. The first kappa shape index (κ1) is 9.05. The lowest BCUT2D eigenvalue weighted by atomic mass is 10.5. The smallest absolute Gasteiger partial charge is 0.0768 e. The first-order chi connectivity index (χ1) is 6.90. The molecule has 2 aliphatic carbocycles. The number of benzene rings is 1. The molecule has 0 radical (unpaired) electrons. The number of hydrogen-bond donors (Lipinski definition) is 0. The van der Waals surface area contributed by atoms with Crippen molar-refractivity contribution in [2.24, 2.45) is 0 Å². The molecule has 3 rings (SSSR count). The standard InChI is InChI=1S/C7H6S.C6H4/c1-2-4-7-5-3-6-8-7;1-2-5-4-6(5)3-1/h3,5-6H,1H3;1-4H. The Morgan fingerprint density at radius 3 is 2.21 bits per heavy atom. The molecule has 0 fully saturated rings. The maximum Gasteiger partial charge on any atom is 0.0768 e. The molecule has 0 saturated heterocycles. The molecule has 14 heavy (non-hydrogen) atoms. The molecule has 0 unspecified atom stereocenters. The second kappa shape index (κ2) is 4.13. The summed E-state index contributed by atoms with van der Waals surface area (Å²) >= 11 is 1.67. The Morgan fingerprint density at radius 1 is 1.07 bits per heavy atom. The van der Waals surface area contributed by atoms with Crippen LogP contribution in [0.25, 0.3) is 11.1 Å². The predicted molar refractivity (Wildman–Crippen MR) is 62.3 cm³/mol. The van der Waals surface area contributed by atoms with Gasteiger partial charge in [0.25, 0.3) is 0 Å². The highest BCUT2D eigenvalue weighted by molar-refractivity contribution is 7.10. The monoisotopic (exact) mass is 198 g/mol. The average molecular weight is 198 g/mol. The average Bonchev–Trinajstić information content (AvgIpc) is 2.69. The quantitative estimate of drug-likeness (QED) is 0.482. The zero-order valence-corrected chi connectivity index (χ0v) is 8.77. The summed E-state index contributed by atoms with van der Waals surface area (Å²) in [6.07, 6.45) is 0. The fourth-order valence-corrected chi connectivity index (χ4v) is 1.77. The van der Waals surface area contributed by atoms with Gasteiger partial charge in [-0.25, -0.2) is 0 Å². The van der Waals surface area contributed by atoms with E-state index in [1.807, 2.05) is 24.4 Å². The van der Waals surface area contributed by atoms with Crippen LogP contribution in [0.4, 0.5) is 0 Å². The maximum absolute atomic E-state index is 2.96. The number of rotatable bonds is 0. The minimum absolute atomic E-state index is 1.15. The first-order valence-corrected chi connectivity index (χ1v) is 5.35. The summed E-state index contributed by atoms with van der Waals surface area (Å²) in [5, 5.41) is 2.03. The van der Waals surface area contributed by atoms with Crippen LogP contribution >= 0.6 is 11.3 Å². The lowest BCUT2D eigenvalue weighted by molar-refractivity contribution is 1.87. The van der Waals surface area contributed by atoms with Crippen molar-refractivity contribution in [2.45, 2.75) is 6.92 Å². The van der Waals surface area contributed by atoms with Crippen LogP contribution < -0.4 is 0 Å². The second-order valence-corrected chi connectivity index (χ2v) is 3.88. The summed E-state index contributed by atoms with van der Waals surface area (Å²) in [5.74, 6) is 5.79. The fraction of sp³-hybridized carbons (Fsp3) is 0.0769. The number of fused-ring (bicyclic) bond motifs is 1. The van der Waals surface area contributed by atoms with E-state index in [-0.39, 0.29) is 0 Å². The van der Waals surface area contributed by atoms with E-state index in [9.17, 15) is 0 Å². The van der Waals surface area contributed by atoms with Crippen molar-refractivity contribution in [3.63, 3.8) is 0 Å². The van der Waals surface area contributed by atoms with Crippen LogP contribution in [0.1, 0.15) is 11.8 Å². The van der Waals surface area contributed by atoms with E-state index < -0.39 is 0 Å². The molecule has 0 amide bonds. The highest BCUT2D eigenvalue weighted by atomic mass is 32.1. The van der Waals surface area contributed by atoms with E-state index >= 15 is 0 Å².